The standard InChI is InChI=1S/C57H37NO/c1-56(48-22-10-5-17-40(48)41-18-6-11-23-49(41)56)36-27-32-54-47(33-36)46-31-29-39(35-55(46)59-54)58(37-15-3-2-4-16-37)38-28-30-45-44-21-9-14-26-52(44)57(53(45)34-38)50-24-12-7-19-42(50)43-20-8-13-25-51(43)57/h2-35H,1H3. The third-order valence-corrected chi connectivity index (χ3v) is 13.8. The molecule has 0 saturated heterocycles. The van der Waals surface area contributed by atoms with Crippen LogP contribution >= 0.6 is 0 Å². The van der Waals surface area contributed by atoms with Crippen molar-refractivity contribution < 1.29 is 4.42 Å². The van der Waals surface area contributed by atoms with Crippen LogP contribution in [0.25, 0.3) is 55.3 Å². The second-order valence-electron chi connectivity index (χ2n) is 16.5. The summed E-state index contributed by atoms with van der Waals surface area (Å²) < 4.78 is 6.75. The van der Waals surface area contributed by atoms with Gasteiger partial charge in [0.25, 0.3) is 0 Å². The zero-order valence-electron chi connectivity index (χ0n) is 32.5. The van der Waals surface area contributed by atoms with Crippen molar-refractivity contribution in [3.05, 3.63) is 245 Å². The lowest BCUT2D eigenvalue weighted by atomic mass is 9.70. The van der Waals surface area contributed by atoms with Crippen molar-refractivity contribution in [1.82, 2.24) is 0 Å². The van der Waals surface area contributed by atoms with Crippen molar-refractivity contribution in [3.8, 4) is 33.4 Å². The first kappa shape index (κ1) is 32.6. The highest BCUT2D eigenvalue weighted by Crippen LogP contribution is 2.63. The average Bonchev–Trinajstić information content (AvgIpc) is 3.99. The van der Waals surface area contributed by atoms with E-state index in [1.807, 2.05) is 0 Å². The predicted molar refractivity (Wildman–Crippen MR) is 242 cm³/mol. The third kappa shape index (κ3) is 4.20. The summed E-state index contributed by atoms with van der Waals surface area (Å²) in [6, 6.07) is 76.1. The first-order valence-corrected chi connectivity index (χ1v) is 20.6. The van der Waals surface area contributed by atoms with E-state index in [9.17, 15) is 0 Å². The van der Waals surface area contributed by atoms with Crippen molar-refractivity contribution in [2.45, 2.75) is 17.8 Å². The Kier molecular flexibility index (Phi) is 6.54. The lowest BCUT2D eigenvalue weighted by molar-refractivity contribution is 0.667. The Morgan fingerprint density at radius 1 is 0.339 bits per heavy atom. The van der Waals surface area contributed by atoms with Crippen LogP contribution in [0.2, 0.25) is 0 Å². The van der Waals surface area contributed by atoms with Gasteiger partial charge in [-0.05, 0) is 128 Å². The van der Waals surface area contributed by atoms with Crippen LogP contribution in [0.1, 0.15) is 45.9 Å². The Balaban J connectivity index is 0.988. The Hall–Kier alpha value is -7.42. The molecule has 10 aromatic rings. The minimum atomic E-state index is -0.422. The van der Waals surface area contributed by atoms with E-state index in [0.29, 0.717) is 0 Å². The van der Waals surface area contributed by atoms with E-state index in [-0.39, 0.29) is 5.41 Å². The van der Waals surface area contributed by atoms with Gasteiger partial charge in [-0.1, -0.05) is 152 Å². The Bertz CT molecular complexity index is 3260. The highest BCUT2D eigenvalue weighted by atomic mass is 16.3. The Labute approximate surface area is 343 Å². The number of rotatable bonds is 4. The van der Waals surface area contributed by atoms with Gasteiger partial charge in [0, 0.05) is 39.3 Å². The fourth-order valence-corrected chi connectivity index (χ4v) is 11.2. The van der Waals surface area contributed by atoms with Gasteiger partial charge >= 0.3 is 0 Å². The summed E-state index contributed by atoms with van der Waals surface area (Å²) in [6.07, 6.45) is 0. The monoisotopic (exact) mass is 751 g/mol. The minimum absolute atomic E-state index is 0.278. The molecule has 0 aliphatic heterocycles. The molecule has 0 radical (unpaired) electrons. The second-order valence-corrected chi connectivity index (χ2v) is 16.5. The topological polar surface area (TPSA) is 16.4 Å². The molecule has 1 heterocycles. The Morgan fingerprint density at radius 2 is 0.814 bits per heavy atom. The summed E-state index contributed by atoms with van der Waals surface area (Å²) >= 11 is 0. The van der Waals surface area contributed by atoms with Crippen molar-refractivity contribution in [2.24, 2.45) is 0 Å². The van der Waals surface area contributed by atoms with Gasteiger partial charge < -0.3 is 9.32 Å². The molecule has 0 unspecified atom stereocenters. The quantitative estimate of drug-likeness (QED) is 0.178. The third-order valence-electron chi connectivity index (χ3n) is 13.8. The lowest BCUT2D eigenvalue weighted by Gasteiger charge is -2.32. The molecule has 2 heteroatoms. The van der Waals surface area contributed by atoms with Crippen molar-refractivity contribution in [2.75, 3.05) is 4.90 Å². The number of hydrogen-bond acceptors (Lipinski definition) is 2. The molecule has 0 atom stereocenters. The maximum Gasteiger partial charge on any atom is 0.137 e. The summed E-state index contributed by atoms with van der Waals surface area (Å²) in [5.41, 5.74) is 21.5. The fraction of sp³-hybridized carbons (Fsp3) is 0.0526. The molecule has 276 valence electrons. The van der Waals surface area contributed by atoms with Gasteiger partial charge in [-0.2, -0.15) is 0 Å². The van der Waals surface area contributed by atoms with Crippen LogP contribution in [0.5, 0.6) is 0 Å². The number of fused-ring (bicyclic) bond motifs is 16. The summed E-state index contributed by atoms with van der Waals surface area (Å²) in [7, 11) is 0. The van der Waals surface area contributed by atoms with Gasteiger partial charge in [-0.25, -0.2) is 0 Å². The lowest BCUT2D eigenvalue weighted by Crippen LogP contribution is -2.26. The van der Waals surface area contributed by atoms with Gasteiger partial charge in [0.15, 0.2) is 0 Å². The number of hydrogen-bond donors (Lipinski definition) is 0. The maximum absolute atomic E-state index is 6.75. The van der Waals surface area contributed by atoms with Gasteiger partial charge in [-0.15, -0.1) is 0 Å². The van der Waals surface area contributed by atoms with Gasteiger partial charge in [0.2, 0.25) is 0 Å². The Morgan fingerprint density at radius 3 is 1.41 bits per heavy atom. The van der Waals surface area contributed by atoms with Crippen LogP contribution in [0, 0.1) is 0 Å². The molecule has 0 N–H and O–H groups in total. The maximum atomic E-state index is 6.75. The van der Waals surface area contributed by atoms with E-state index in [4.69, 9.17) is 4.42 Å². The smallest absolute Gasteiger partial charge is 0.137 e. The summed E-state index contributed by atoms with van der Waals surface area (Å²) in [4.78, 5) is 2.38. The van der Waals surface area contributed by atoms with Crippen LogP contribution in [0.4, 0.5) is 17.1 Å². The van der Waals surface area contributed by atoms with E-state index in [1.165, 1.54) is 72.3 Å². The van der Waals surface area contributed by atoms with Crippen molar-refractivity contribution >= 4 is 39.0 Å². The van der Waals surface area contributed by atoms with Crippen LogP contribution in [0.15, 0.2) is 211 Å². The number of para-hydroxylation sites is 1. The second kappa shape index (κ2) is 11.8. The molecule has 0 saturated carbocycles. The molecule has 1 aromatic heterocycles. The van der Waals surface area contributed by atoms with E-state index in [1.54, 1.807) is 0 Å². The van der Waals surface area contributed by atoms with E-state index < -0.39 is 5.41 Å². The van der Waals surface area contributed by atoms with Gasteiger partial charge in [0.05, 0.1) is 5.41 Å². The van der Waals surface area contributed by atoms with Crippen LogP contribution < -0.4 is 4.90 Å². The number of furan rings is 1. The highest BCUT2D eigenvalue weighted by molar-refractivity contribution is 6.07. The van der Waals surface area contributed by atoms with Crippen molar-refractivity contribution in [1.29, 1.82) is 0 Å². The number of nitrogens with zero attached hydrogens (tertiary/aromatic N) is 1. The predicted octanol–water partition coefficient (Wildman–Crippen LogP) is 14.7. The van der Waals surface area contributed by atoms with Crippen molar-refractivity contribution in [3.63, 3.8) is 0 Å². The summed E-state index contributed by atoms with van der Waals surface area (Å²) in [5, 5.41) is 2.25. The van der Waals surface area contributed by atoms with E-state index in [0.717, 1.165) is 39.0 Å². The zero-order chi connectivity index (χ0) is 38.9. The fourth-order valence-electron chi connectivity index (χ4n) is 11.2. The summed E-state index contributed by atoms with van der Waals surface area (Å²) in [5.74, 6) is 0. The SMILES string of the molecule is CC1(c2ccc3oc4cc(N(c5ccccc5)c5ccc6c(c5)C5(c7ccccc7-c7ccccc75)c5ccccc5-6)ccc4c3c2)c2ccccc2-c2ccccc21. The number of benzene rings is 9. The van der Waals surface area contributed by atoms with E-state index >= 15 is 0 Å². The first-order valence-electron chi connectivity index (χ1n) is 20.6. The van der Waals surface area contributed by atoms with Crippen LogP contribution in [-0.4, -0.2) is 0 Å². The largest absolute Gasteiger partial charge is 0.456 e. The molecule has 13 rings (SSSR count). The molecular formula is C57H37NO. The average molecular weight is 752 g/mol. The molecule has 3 aliphatic carbocycles. The highest BCUT2D eigenvalue weighted by Gasteiger charge is 2.51. The molecule has 59 heavy (non-hydrogen) atoms. The summed E-state index contributed by atoms with van der Waals surface area (Å²) in [6.45, 7) is 2.37. The molecule has 2 nitrogen and oxygen atoms in total. The van der Waals surface area contributed by atoms with E-state index in [2.05, 4.69) is 218 Å². The van der Waals surface area contributed by atoms with Gasteiger partial charge in [0.1, 0.15) is 11.2 Å². The molecule has 0 amide bonds. The molecule has 9 aromatic carbocycles. The first-order chi connectivity index (χ1) is 29.1. The molecule has 3 aliphatic rings. The molecule has 0 fully saturated rings. The van der Waals surface area contributed by atoms with Gasteiger partial charge in [-0.3, -0.25) is 0 Å². The molecule has 0 bridgehead atoms. The van der Waals surface area contributed by atoms with Crippen LogP contribution in [0.3, 0.4) is 0 Å². The normalized spacial score (nSPS) is 14.5. The molecule has 1 spiro atoms. The van der Waals surface area contributed by atoms with Crippen LogP contribution in [-0.2, 0) is 10.8 Å². The number of anilines is 3. The molecular weight excluding hydrogens is 715 g/mol. The zero-order valence-corrected chi connectivity index (χ0v) is 32.5. The minimum Gasteiger partial charge on any atom is -0.456 e.